The molecule has 0 amide bonds. The van der Waals surface area contributed by atoms with Gasteiger partial charge >= 0.3 is 0 Å². The van der Waals surface area contributed by atoms with Crippen molar-refractivity contribution in [3.8, 4) is 16.9 Å². The molecule has 4 atom stereocenters. The first-order chi connectivity index (χ1) is 18.1. The lowest BCUT2D eigenvalue weighted by atomic mass is 9.95. The zero-order chi connectivity index (χ0) is 27.3. The summed E-state index contributed by atoms with van der Waals surface area (Å²) in [6, 6.07) is 3.68. The minimum absolute atomic E-state index is 0.0581. The molecule has 1 aliphatic heterocycles. The van der Waals surface area contributed by atoms with Crippen LogP contribution in [0.4, 0.5) is 13.2 Å². The Kier molecular flexibility index (Phi) is 7.37. The summed E-state index contributed by atoms with van der Waals surface area (Å²) in [6.07, 6.45) is -1.74. The van der Waals surface area contributed by atoms with E-state index in [2.05, 4.69) is 20.4 Å². The first kappa shape index (κ1) is 26.9. The van der Waals surface area contributed by atoms with Crippen LogP contribution in [0, 0.1) is 24.4 Å². The average Bonchev–Trinajstić information content (AvgIpc) is 3.52. The number of aliphatic hydroxyl groups excluding tert-OH is 2. The smallest absolute Gasteiger partial charge is 0.161 e. The van der Waals surface area contributed by atoms with Crippen LogP contribution in [0.25, 0.3) is 16.9 Å². The van der Waals surface area contributed by atoms with Gasteiger partial charge in [-0.2, -0.15) is 5.10 Å². The molecular weight excluding hydrogens is 572 g/mol. The molecular formula is C23H18Cl3F3N6O3. The van der Waals surface area contributed by atoms with Crippen molar-refractivity contribution >= 4 is 34.8 Å². The topological polar surface area (TPSA) is 111 Å². The van der Waals surface area contributed by atoms with Gasteiger partial charge in [-0.15, -0.1) is 5.10 Å². The number of hydrogen-bond acceptors (Lipinski definition) is 7. The summed E-state index contributed by atoms with van der Waals surface area (Å²) in [4.78, 5) is 4.41. The molecule has 4 unspecified atom stereocenters. The number of rotatable bonds is 5. The van der Waals surface area contributed by atoms with E-state index >= 15 is 0 Å². The SMILES string of the molecule is Cc1nc(C2CC(n3cc(-c4cc(F)c(Cl)c(F)c4)nn3)C(O)C(CO)O2)n(-c2cc(Cl)cc(F)c2Cl)n1. The van der Waals surface area contributed by atoms with Crippen LogP contribution in [0.5, 0.6) is 0 Å². The molecule has 38 heavy (non-hydrogen) atoms. The number of aryl methyl sites for hydroxylation is 1. The summed E-state index contributed by atoms with van der Waals surface area (Å²) < 4.78 is 50.8. The highest BCUT2D eigenvalue weighted by atomic mass is 35.5. The molecule has 0 spiro atoms. The highest BCUT2D eigenvalue weighted by molar-refractivity contribution is 6.34. The van der Waals surface area contributed by atoms with E-state index < -0.39 is 53.4 Å². The van der Waals surface area contributed by atoms with Gasteiger partial charge in [-0.05, 0) is 31.2 Å². The van der Waals surface area contributed by atoms with Gasteiger partial charge in [-0.1, -0.05) is 40.0 Å². The molecule has 5 rings (SSSR count). The Balaban J connectivity index is 1.52. The van der Waals surface area contributed by atoms with Crippen molar-refractivity contribution in [2.45, 2.75) is 37.7 Å². The van der Waals surface area contributed by atoms with Crippen LogP contribution in [0.3, 0.4) is 0 Å². The van der Waals surface area contributed by atoms with Crippen LogP contribution < -0.4 is 0 Å². The molecule has 9 nitrogen and oxygen atoms in total. The van der Waals surface area contributed by atoms with Crippen LogP contribution in [-0.4, -0.2) is 58.8 Å². The van der Waals surface area contributed by atoms with Crippen LogP contribution >= 0.6 is 34.8 Å². The summed E-state index contributed by atoms with van der Waals surface area (Å²) in [5.41, 5.74) is 0.324. The number of aliphatic hydroxyl groups is 2. The van der Waals surface area contributed by atoms with E-state index in [1.54, 1.807) is 6.92 Å². The molecule has 1 saturated heterocycles. The van der Waals surface area contributed by atoms with Crippen LogP contribution in [0.15, 0.2) is 30.5 Å². The van der Waals surface area contributed by atoms with E-state index in [1.165, 1.54) is 21.6 Å². The Labute approximate surface area is 228 Å². The zero-order valence-corrected chi connectivity index (χ0v) is 21.6. The fourth-order valence-electron chi connectivity index (χ4n) is 4.32. The van der Waals surface area contributed by atoms with Crippen molar-refractivity contribution < 1.29 is 28.1 Å². The minimum Gasteiger partial charge on any atom is -0.394 e. The maximum Gasteiger partial charge on any atom is 0.161 e. The Morgan fingerprint density at radius 1 is 1.05 bits per heavy atom. The van der Waals surface area contributed by atoms with E-state index in [0.717, 1.165) is 18.2 Å². The van der Waals surface area contributed by atoms with Crippen molar-refractivity contribution in [2.24, 2.45) is 0 Å². The van der Waals surface area contributed by atoms with Crippen molar-refractivity contribution in [1.82, 2.24) is 29.8 Å². The van der Waals surface area contributed by atoms with Gasteiger partial charge in [0.15, 0.2) is 5.82 Å². The first-order valence-corrected chi connectivity index (χ1v) is 12.3. The Morgan fingerprint density at radius 2 is 1.74 bits per heavy atom. The van der Waals surface area contributed by atoms with E-state index in [4.69, 9.17) is 39.5 Å². The molecule has 0 saturated carbocycles. The number of aromatic nitrogens is 6. The van der Waals surface area contributed by atoms with Crippen LogP contribution in [0.2, 0.25) is 15.1 Å². The highest BCUT2D eigenvalue weighted by Crippen LogP contribution is 2.39. The van der Waals surface area contributed by atoms with Gasteiger partial charge in [-0.25, -0.2) is 27.5 Å². The van der Waals surface area contributed by atoms with Gasteiger partial charge in [0.25, 0.3) is 0 Å². The Morgan fingerprint density at radius 3 is 2.42 bits per heavy atom. The second kappa shape index (κ2) is 10.4. The number of hydrogen-bond donors (Lipinski definition) is 2. The number of benzene rings is 2. The third kappa shape index (κ3) is 4.88. The van der Waals surface area contributed by atoms with Crippen molar-refractivity contribution in [2.75, 3.05) is 6.61 Å². The highest BCUT2D eigenvalue weighted by Gasteiger charge is 2.42. The third-order valence-corrected chi connectivity index (χ3v) is 7.06. The fourth-order valence-corrected chi connectivity index (χ4v) is 4.82. The second-order valence-electron chi connectivity index (χ2n) is 8.63. The number of ether oxygens (including phenoxy) is 1. The van der Waals surface area contributed by atoms with Crippen molar-refractivity contribution in [1.29, 1.82) is 0 Å². The summed E-state index contributed by atoms with van der Waals surface area (Å²) in [5, 5.41) is 32.3. The van der Waals surface area contributed by atoms with E-state index in [9.17, 15) is 23.4 Å². The molecule has 0 aliphatic carbocycles. The van der Waals surface area contributed by atoms with E-state index in [1.807, 2.05) is 0 Å². The maximum absolute atomic E-state index is 14.3. The number of nitrogens with zero attached hydrogens (tertiary/aromatic N) is 6. The molecule has 15 heteroatoms. The summed E-state index contributed by atoms with van der Waals surface area (Å²) >= 11 is 17.8. The predicted octanol–water partition coefficient (Wildman–Crippen LogP) is 4.64. The van der Waals surface area contributed by atoms with Gasteiger partial charge in [-0.3, -0.25) is 0 Å². The monoisotopic (exact) mass is 588 g/mol. The first-order valence-electron chi connectivity index (χ1n) is 11.2. The van der Waals surface area contributed by atoms with E-state index in [-0.39, 0.29) is 39.2 Å². The predicted molar refractivity (Wildman–Crippen MR) is 131 cm³/mol. The molecule has 200 valence electrons. The summed E-state index contributed by atoms with van der Waals surface area (Å²) in [7, 11) is 0. The molecule has 3 heterocycles. The third-order valence-electron chi connectivity index (χ3n) is 6.11. The van der Waals surface area contributed by atoms with E-state index in [0.29, 0.717) is 5.82 Å². The molecule has 0 radical (unpaired) electrons. The molecule has 4 aromatic rings. The molecule has 1 fully saturated rings. The van der Waals surface area contributed by atoms with Gasteiger partial charge < -0.3 is 14.9 Å². The van der Waals surface area contributed by atoms with Crippen molar-refractivity contribution in [3.63, 3.8) is 0 Å². The normalized spacial score (nSPS) is 21.7. The van der Waals surface area contributed by atoms with Crippen LogP contribution in [0.1, 0.15) is 30.2 Å². The molecule has 2 aromatic carbocycles. The largest absolute Gasteiger partial charge is 0.394 e. The molecule has 2 aromatic heterocycles. The maximum atomic E-state index is 14.3. The Bertz CT molecular complexity index is 1490. The Hall–Kier alpha value is -2.74. The molecule has 2 N–H and O–H groups in total. The second-order valence-corrected chi connectivity index (χ2v) is 9.82. The van der Waals surface area contributed by atoms with Gasteiger partial charge in [0, 0.05) is 17.0 Å². The lowest BCUT2D eigenvalue weighted by Gasteiger charge is -2.38. The van der Waals surface area contributed by atoms with Crippen molar-refractivity contribution in [3.05, 3.63) is 74.6 Å². The lowest BCUT2D eigenvalue weighted by Crippen LogP contribution is -2.45. The van der Waals surface area contributed by atoms with Gasteiger partial charge in [0.1, 0.15) is 57.3 Å². The lowest BCUT2D eigenvalue weighted by molar-refractivity contribution is -0.161. The zero-order valence-electron chi connectivity index (χ0n) is 19.4. The molecule has 0 bridgehead atoms. The standard InChI is InChI=1S/C23H18Cl3F3N6O3/c1-9-30-23(35(32-9)16-5-11(24)4-14(29)21(16)26)18-6-17(22(37)19(8-36)38-18)34-7-15(31-33-34)10-2-12(27)20(25)13(28)3-10/h2-5,7,17-19,22,36-37H,6,8H2,1H3. The van der Waals surface area contributed by atoms with Crippen LogP contribution in [-0.2, 0) is 4.74 Å². The fraction of sp³-hybridized carbons (Fsp3) is 0.304. The van der Waals surface area contributed by atoms with Gasteiger partial charge in [0.2, 0.25) is 0 Å². The summed E-state index contributed by atoms with van der Waals surface area (Å²) in [6.45, 7) is 1.06. The summed E-state index contributed by atoms with van der Waals surface area (Å²) in [5.74, 6) is -2.16. The quantitative estimate of drug-likeness (QED) is 0.258. The number of halogens is 6. The minimum atomic E-state index is -1.24. The van der Waals surface area contributed by atoms with Gasteiger partial charge in [0.05, 0.1) is 24.5 Å². The average molecular weight is 590 g/mol. The molecule has 1 aliphatic rings.